The average molecular weight is 206 g/mol. The topological polar surface area (TPSA) is 41.9 Å². The van der Waals surface area contributed by atoms with E-state index < -0.39 is 5.97 Å². The summed E-state index contributed by atoms with van der Waals surface area (Å²) in [6.07, 6.45) is 1.50. The first-order valence-electron chi connectivity index (χ1n) is 4.58. The number of benzene rings is 1. The van der Waals surface area contributed by atoms with E-state index in [-0.39, 0.29) is 0 Å². The normalized spacial score (nSPS) is 10.3. The molecule has 15 heavy (non-hydrogen) atoms. The Labute approximate surface area is 89.1 Å². The van der Waals surface area contributed by atoms with Crippen molar-refractivity contribution in [3.63, 3.8) is 0 Å². The second-order valence-electron chi connectivity index (χ2n) is 3.30. The molecule has 80 valence electrons. The molecule has 0 amide bonds. The van der Waals surface area contributed by atoms with E-state index >= 15 is 0 Å². The fourth-order valence-electron chi connectivity index (χ4n) is 1.02. The van der Waals surface area contributed by atoms with Crippen molar-refractivity contribution in [1.82, 2.24) is 0 Å². The van der Waals surface area contributed by atoms with Gasteiger partial charge >= 0.3 is 5.97 Å². The monoisotopic (exact) mass is 206 g/mol. The van der Waals surface area contributed by atoms with Gasteiger partial charge in [-0.3, -0.25) is 0 Å². The quantitative estimate of drug-likeness (QED) is 0.429. The fourth-order valence-corrected chi connectivity index (χ4v) is 1.02. The maximum Gasteiger partial charge on any atom is 0.331 e. The molecule has 0 aliphatic carbocycles. The van der Waals surface area contributed by atoms with Gasteiger partial charge in [0.05, 0.1) is 6.21 Å². The summed E-state index contributed by atoms with van der Waals surface area (Å²) in [5, 5.41) is 3.53. The van der Waals surface area contributed by atoms with Gasteiger partial charge in [-0.1, -0.05) is 17.3 Å². The maximum atomic E-state index is 10.4. The molecule has 0 heterocycles. The Kier molecular flexibility index (Phi) is 3.85. The lowest BCUT2D eigenvalue weighted by atomic mass is 10.2. The van der Waals surface area contributed by atoms with Crippen molar-refractivity contribution in [1.29, 1.82) is 0 Å². The molecule has 1 rings (SSSR count). The molecule has 0 aliphatic heterocycles. The van der Waals surface area contributed by atoms with Gasteiger partial charge in [0.1, 0.15) is 0 Å². The number of nitrogens with zero attached hydrogens (tertiary/aromatic N) is 2. The predicted molar refractivity (Wildman–Crippen MR) is 60.1 cm³/mol. The molecule has 0 unspecified atom stereocenters. The first kappa shape index (κ1) is 11.2. The summed E-state index contributed by atoms with van der Waals surface area (Å²) in [5.41, 5.74) is 2.00. The van der Waals surface area contributed by atoms with Crippen LogP contribution in [0.1, 0.15) is 12.5 Å². The van der Waals surface area contributed by atoms with Gasteiger partial charge in [-0.05, 0) is 17.7 Å². The molecule has 0 spiro atoms. The lowest BCUT2D eigenvalue weighted by molar-refractivity contribution is -0.140. The summed E-state index contributed by atoms with van der Waals surface area (Å²) in [6.45, 7) is 1.31. The fraction of sp³-hybridized carbons (Fsp3) is 0.273. The van der Waals surface area contributed by atoms with Crippen LogP contribution in [0.3, 0.4) is 0 Å². The Morgan fingerprint density at radius 3 is 2.40 bits per heavy atom. The minimum atomic E-state index is -0.420. The van der Waals surface area contributed by atoms with Crippen LogP contribution in [0.5, 0.6) is 0 Å². The zero-order valence-corrected chi connectivity index (χ0v) is 9.10. The van der Waals surface area contributed by atoms with E-state index in [4.69, 9.17) is 0 Å². The molecule has 0 aromatic heterocycles. The highest BCUT2D eigenvalue weighted by Crippen LogP contribution is 2.10. The molecule has 4 nitrogen and oxygen atoms in total. The van der Waals surface area contributed by atoms with E-state index in [1.807, 2.05) is 43.3 Å². The molecule has 1 aromatic rings. The summed E-state index contributed by atoms with van der Waals surface area (Å²) >= 11 is 0. The van der Waals surface area contributed by atoms with E-state index in [0.717, 1.165) is 11.3 Å². The molecule has 4 heteroatoms. The molecule has 0 atom stereocenters. The van der Waals surface area contributed by atoms with Crippen LogP contribution in [0.15, 0.2) is 29.4 Å². The molecule has 0 N–H and O–H groups in total. The van der Waals surface area contributed by atoms with E-state index in [1.54, 1.807) is 0 Å². The largest absolute Gasteiger partial charge is 0.378 e. The van der Waals surface area contributed by atoms with Crippen LogP contribution in [-0.2, 0) is 9.63 Å². The Bertz CT molecular complexity index is 355. The highest BCUT2D eigenvalue weighted by Gasteiger charge is 1.94. The van der Waals surface area contributed by atoms with Crippen molar-refractivity contribution in [2.45, 2.75) is 6.92 Å². The van der Waals surface area contributed by atoms with Gasteiger partial charge in [0.15, 0.2) is 0 Å². The number of hydrogen-bond donors (Lipinski definition) is 0. The van der Waals surface area contributed by atoms with Crippen LogP contribution in [0.4, 0.5) is 5.69 Å². The minimum absolute atomic E-state index is 0.420. The molecular formula is C11H14N2O2. The van der Waals surface area contributed by atoms with E-state index in [9.17, 15) is 4.79 Å². The standard InChI is InChI=1S/C11H14N2O2/c1-9(14)15-12-8-10-4-6-11(7-5-10)13(2)3/h4-8H,1-3H3. The smallest absolute Gasteiger partial charge is 0.331 e. The Balaban J connectivity index is 2.64. The molecule has 1 aromatic carbocycles. The molecule has 0 bridgehead atoms. The van der Waals surface area contributed by atoms with Crippen LogP contribution in [0.2, 0.25) is 0 Å². The van der Waals surface area contributed by atoms with E-state index in [1.165, 1.54) is 13.1 Å². The number of rotatable bonds is 3. The molecule has 0 radical (unpaired) electrons. The van der Waals surface area contributed by atoms with Gasteiger partial charge in [-0.25, -0.2) is 4.79 Å². The Morgan fingerprint density at radius 1 is 1.33 bits per heavy atom. The van der Waals surface area contributed by atoms with E-state index in [0.29, 0.717) is 0 Å². The van der Waals surface area contributed by atoms with Crippen LogP contribution < -0.4 is 4.90 Å². The van der Waals surface area contributed by atoms with Crippen LogP contribution >= 0.6 is 0 Å². The van der Waals surface area contributed by atoms with Gasteiger partial charge < -0.3 is 9.74 Å². The van der Waals surface area contributed by atoms with Gasteiger partial charge in [0.2, 0.25) is 0 Å². The van der Waals surface area contributed by atoms with Crippen molar-refractivity contribution in [3.05, 3.63) is 29.8 Å². The number of oxime groups is 1. The summed E-state index contributed by atoms with van der Waals surface area (Å²) in [5.74, 6) is -0.420. The summed E-state index contributed by atoms with van der Waals surface area (Å²) in [6, 6.07) is 7.74. The first-order chi connectivity index (χ1) is 7.09. The Hall–Kier alpha value is -1.84. The van der Waals surface area contributed by atoms with Gasteiger partial charge in [-0.2, -0.15) is 0 Å². The first-order valence-corrected chi connectivity index (χ1v) is 4.58. The number of carbonyl (C=O) groups is 1. The van der Waals surface area contributed by atoms with E-state index in [2.05, 4.69) is 9.99 Å². The van der Waals surface area contributed by atoms with Crippen molar-refractivity contribution in [2.24, 2.45) is 5.16 Å². The summed E-state index contributed by atoms with van der Waals surface area (Å²) < 4.78 is 0. The molecule has 0 fully saturated rings. The molecular weight excluding hydrogens is 192 g/mol. The van der Waals surface area contributed by atoms with Crippen molar-refractivity contribution < 1.29 is 9.63 Å². The molecule has 0 saturated carbocycles. The zero-order valence-electron chi connectivity index (χ0n) is 9.10. The second-order valence-corrected chi connectivity index (χ2v) is 3.30. The maximum absolute atomic E-state index is 10.4. The van der Waals surface area contributed by atoms with Crippen molar-refractivity contribution >= 4 is 17.9 Å². The summed E-state index contributed by atoms with van der Waals surface area (Å²) in [7, 11) is 3.95. The number of anilines is 1. The average Bonchev–Trinajstić information content (AvgIpc) is 2.18. The SMILES string of the molecule is CC(=O)ON=Cc1ccc(N(C)C)cc1. The zero-order chi connectivity index (χ0) is 11.3. The molecule has 0 saturated heterocycles. The third-order valence-electron chi connectivity index (χ3n) is 1.79. The van der Waals surface area contributed by atoms with Crippen LogP contribution in [0, 0.1) is 0 Å². The predicted octanol–water partition coefficient (Wildman–Crippen LogP) is 1.65. The Morgan fingerprint density at radius 2 is 1.93 bits per heavy atom. The van der Waals surface area contributed by atoms with Crippen molar-refractivity contribution in [2.75, 3.05) is 19.0 Å². The van der Waals surface area contributed by atoms with Gasteiger partial charge in [0.25, 0.3) is 0 Å². The van der Waals surface area contributed by atoms with Gasteiger partial charge in [-0.15, -0.1) is 0 Å². The lowest BCUT2D eigenvalue weighted by Crippen LogP contribution is -2.08. The van der Waals surface area contributed by atoms with Crippen LogP contribution in [-0.4, -0.2) is 26.3 Å². The second kappa shape index (κ2) is 5.14. The molecule has 0 aliphatic rings. The number of hydrogen-bond acceptors (Lipinski definition) is 4. The van der Waals surface area contributed by atoms with Crippen molar-refractivity contribution in [3.8, 4) is 0 Å². The van der Waals surface area contributed by atoms with Crippen LogP contribution in [0.25, 0.3) is 0 Å². The van der Waals surface area contributed by atoms with Gasteiger partial charge in [0, 0.05) is 26.7 Å². The third-order valence-corrected chi connectivity index (χ3v) is 1.79. The third kappa shape index (κ3) is 3.81. The highest BCUT2D eigenvalue weighted by atomic mass is 16.7. The lowest BCUT2D eigenvalue weighted by Gasteiger charge is -2.11. The highest BCUT2D eigenvalue weighted by molar-refractivity contribution is 5.80. The summed E-state index contributed by atoms with van der Waals surface area (Å²) in [4.78, 5) is 16.9. The number of carbonyl (C=O) groups excluding carboxylic acids is 1. The minimum Gasteiger partial charge on any atom is -0.378 e.